The molecule has 1 aliphatic rings. The minimum atomic E-state index is -4.36. The van der Waals surface area contributed by atoms with Gasteiger partial charge in [0.1, 0.15) is 12.1 Å². The summed E-state index contributed by atoms with van der Waals surface area (Å²) in [6.07, 6.45) is 0.506. The lowest BCUT2D eigenvalue weighted by atomic mass is 9.82. The van der Waals surface area contributed by atoms with Gasteiger partial charge in [-0.2, -0.15) is 13.2 Å². The zero-order valence-electron chi connectivity index (χ0n) is 19.2. The molecule has 1 aliphatic heterocycles. The Balaban J connectivity index is 1.52. The van der Waals surface area contributed by atoms with Crippen LogP contribution >= 0.6 is 11.9 Å². The number of piperidine rings is 1. The van der Waals surface area contributed by atoms with Crippen molar-refractivity contribution in [1.29, 1.82) is 0 Å². The average Bonchev–Trinajstić information content (AvgIpc) is 2.87. The monoisotopic (exact) mass is 494 g/mol. The molecule has 8 heteroatoms. The standard InChI is InChI=1S/C27H25F3N4S/c1-34-13-10-18(11-14-34)25-16-20(27(28,29)30)5-7-24(25)23-4-2-3-19-15-21(6-8-22(19)23)35-33-26-9-12-31-17-32-26/h2-9,12,15-18H,10-11,13-14H2,1H3,(H,31,32,33). The summed E-state index contributed by atoms with van der Waals surface area (Å²) in [5, 5.41) is 2.05. The Morgan fingerprint density at radius 3 is 2.54 bits per heavy atom. The number of hydrogen-bond donors (Lipinski definition) is 1. The number of hydrogen-bond acceptors (Lipinski definition) is 5. The van der Waals surface area contributed by atoms with E-state index in [0.717, 1.165) is 58.3 Å². The minimum absolute atomic E-state index is 0.102. The summed E-state index contributed by atoms with van der Waals surface area (Å²) in [6, 6.07) is 18.2. The second-order valence-corrected chi connectivity index (χ2v) is 9.74. The molecule has 0 radical (unpaired) electrons. The number of halogens is 3. The van der Waals surface area contributed by atoms with Crippen molar-refractivity contribution in [2.24, 2.45) is 0 Å². The third-order valence-corrected chi connectivity index (χ3v) is 7.34. The van der Waals surface area contributed by atoms with Gasteiger partial charge >= 0.3 is 6.18 Å². The smallest absolute Gasteiger partial charge is 0.310 e. The summed E-state index contributed by atoms with van der Waals surface area (Å²) >= 11 is 1.45. The summed E-state index contributed by atoms with van der Waals surface area (Å²) in [5.74, 6) is 0.817. The van der Waals surface area contributed by atoms with Crippen molar-refractivity contribution in [3.63, 3.8) is 0 Å². The van der Waals surface area contributed by atoms with Crippen LogP contribution in [0, 0.1) is 0 Å². The molecule has 1 fully saturated rings. The molecule has 4 aromatic rings. The Hall–Kier alpha value is -3.10. The fourth-order valence-corrected chi connectivity index (χ4v) is 5.33. The first-order valence-corrected chi connectivity index (χ1v) is 12.3. The molecule has 0 saturated carbocycles. The number of fused-ring (bicyclic) bond motifs is 1. The maximum atomic E-state index is 13.6. The van der Waals surface area contributed by atoms with Crippen molar-refractivity contribution in [1.82, 2.24) is 14.9 Å². The molecule has 0 amide bonds. The second-order valence-electron chi connectivity index (χ2n) is 8.86. The van der Waals surface area contributed by atoms with Gasteiger partial charge in [0, 0.05) is 11.1 Å². The van der Waals surface area contributed by atoms with Gasteiger partial charge in [-0.1, -0.05) is 30.3 Å². The quantitative estimate of drug-likeness (QED) is 0.296. The summed E-state index contributed by atoms with van der Waals surface area (Å²) in [7, 11) is 2.06. The summed E-state index contributed by atoms with van der Waals surface area (Å²) in [4.78, 5) is 11.3. The zero-order chi connectivity index (χ0) is 24.4. The van der Waals surface area contributed by atoms with Crippen molar-refractivity contribution in [3.05, 3.63) is 84.3 Å². The Bertz CT molecular complexity index is 1320. The average molecular weight is 495 g/mol. The number of nitrogens with zero attached hydrogens (tertiary/aromatic N) is 3. The van der Waals surface area contributed by atoms with Crippen LogP contribution in [0.1, 0.15) is 29.9 Å². The van der Waals surface area contributed by atoms with Crippen LogP contribution in [-0.4, -0.2) is 35.0 Å². The van der Waals surface area contributed by atoms with Crippen molar-refractivity contribution < 1.29 is 13.2 Å². The first-order chi connectivity index (χ1) is 16.9. The lowest BCUT2D eigenvalue weighted by Gasteiger charge is -2.31. The van der Waals surface area contributed by atoms with Crippen LogP contribution in [0.2, 0.25) is 0 Å². The molecular weight excluding hydrogens is 469 g/mol. The maximum Gasteiger partial charge on any atom is 0.416 e. The van der Waals surface area contributed by atoms with E-state index in [0.29, 0.717) is 5.82 Å². The molecule has 2 heterocycles. The van der Waals surface area contributed by atoms with E-state index in [1.165, 1.54) is 30.4 Å². The molecule has 0 unspecified atom stereocenters. The van der Waals surface area contributed by atoms with Gasteiger partial charge in [0.2, 0.25) is 0 Å². The van der Waals surface area contributed by atoms with E-state index in [1.807, 2.05) is 30.3 Å². The Morgan fingerprint density at radius 2 is 1.80 bits per heavy atom. The number of alkyl halides is 3. The van der Waals surface area contributed by atoms with Crippen LogP contribution in [-0.2, 0) is 6.18 Å². The number of benzene rings is 3. The molecule has 0 bridgehead atoms. The van der Waals surface area contributed by atoms with Crippen LogP contribution in [0.4, 0.5) is 19.0 Å². The second kappa shape index (κ2) is 9.87. The molecule has 3 aromatic carbocycles. The highest BCUT2D eigenvalue weighted by atomic mass is 32.2. The van der Waals surface area contributed by atoms with Gasteiger partial charge in [-0.05, 0) is 109 Å². The van der Waals surface area contributed by atoms with Crippen LogP contribution in [0.5, 0.6) is 0 Å². The number of aromatic nitrogens is 2. The molecule has 1 aromatic heterocycles. The Labute approximate surface area is 206 Å². The predicted octanol–water partition coefficient (Wildman–Crippen LogP) is 7.24. The Kier molecular flexibility index (Phi) is 6.67. The molecule has 0 spiro atoms. The van der Waals surface area contributed by atoms with Gasteiger partial charge in [0.25, 0.3) is 0 Å². The molecule has 0 atom stereocenters. The summed E-state index contributed by atoms with van der Waals surface area (Å²) < 4.78 is 44.0. The molecule has 180 valence electrons. The highest BCUT2D eigenvalue weighted by molar-refractivity contribution is 8.00. The van der Waals surface area contributed by atoms with E-state index in [-0.39, 0.29) is 5.92 Å². The van der Waals surface area contributed by atoms with E-state index in [2.05, 4.69) is 32.7 Å². The number of nitrogens with one attached hydrogen (secondary N) is 1. The van der Waals surface area contributed by atoms with Gasteiger partial charge in [-0.3, -0.25) is 0 Å². The molecular formula is C27H25F3N4S. The molecule has 1 saturated heterocycles. The number of anilines is 1. The lowest BCUT2D eigenvalue weighted by Crippen LogP contribution is -2.29. The van der Waals surface area contributed by atoms with Crippen molar-refractivity contribution in [3.8, 4) is 11.1 Å². The van der Waals surface area contributed by atoms with E-state index in [4.69, 9.17) is 0 Å². The van der Waals surface area contributed by atoms with Crippen LogP contribution in [0.3, 0.4) is 0 Å². The van der Waals surface area contributed by atoms with Crippen molar-refractivity contribution in [2.45, 2.75) is 29.8 Å². The van der Waals surface area contributed by atoms with E-state index in [9.17, 15) is 13.2 Å². The van der Waals surface area contributed by atoms with Gasteiger partial charge in [-0.25, -0.2) is 9.97 Å². The lowest BCUT2D eigenvalue weighted by molar-refractivity contribution is -0.137. The highest BCUT2D eigenvalue weighted by Crippen LogP contribution is 2.41. The first-order valence-electron chi connectivity index (χ1n) is 11.5. The van der Waals surface area contributed by atoms with Gasteiger partial charge in [-0.15, -0.1) is 0 Å². The molecule has 0 aliphatic carbocycles. The third kappa shape index (κ3) is 5.28. The maximum absolute atomic E-state index is 13.6. The van der Waals surface area contributed by atoms with Crippen molar-refractivity contribution >= 4 is 28.5 Å². The SMILES string of the molecule is CN1CCC(c2cc(C(F)(F)F)ccc2-c2cccc3cc(SNc4ccncn4)ccc23)CC1. The third-order valence-electron chi connectivity index (χ3n) is 6.53. The molecule has 35 heavy (non-hydrogen) atoms. The normalized spacial score (nSPS) is 15.4. The first kappa shape index (κ1) is 23.6. The summed E-state index contributed by atoms with van der Waals surface area (Å²) in [5.41, 5.74) is 2.07. The highest BCUT2D eigenvalue weighted by Gasteiger charge is 2.32. The predicted molar refractivity (Wildman–Crippen MR) is 135 cm³/mol. The molecule has 5 rings (SSSR count). The fraction of sp³-hybridized carbons (Fsp3) is 0.259. The largest absolute Gasteiger partial charge is 0.416 e. The van der Waals surface area contributed by atoms with E-state index in [1.54, 1.807) is 18.3 Å². The number of rotatable bonds is 5. The van der Waals surface area contributed by atoms with Crippen LogP contribution in [0.25, 0.3) is 21.9 Å². The Morgan fingerprint density at radius 1 is 0.971 bits per heavy atom. The van der Waals surface area contributed by atoms with Crippen molar-refractivity contribution in [2.75, 3.05) is 24.9 Å². The van der Waals surface area contributed by atoms with Gasteiger partial charge < -0.3 is 9.62 Å². The topological polar surface area (TPSA) is 41.0 Å². The fourth-order valence-electron chi connectivity index (χ4n) is 4.66. The van der Waals surface area contributed by atoms with Gasteiger partial charge in [0.05, 0.1) is 5.56 Å². The summed E-state index contributed by atoms with van der Waals surface area (Å²) in [6.45, 7) is 1.77. The van der Waals surface area contributed by atoms with Crippen LogP contribution in [0.15, 0.2) is 78.1 Å². The minimum Gasteiger partial charge on any atom is -0.310 e. The van der Waals surface area contributed by atoms with E-state index >= 15 is 0 Å². The molecule has 1 N–H and O–H groups in total. The van der Waals surface area contributed by atoms with Gasteiger partial charge in [0.15, 0.2) is 0 Å². The van der Waals surface area contributed by atoms with E-state index < -0.39 is 11.7 Å². The number of likely N-dealkylation sites (tertiary alicyclic amines) is 1. The zero-order valence-corrected chi connectivity index (χ0v) is 20.0. The molecule has 4 nitrogen and oxygen atoms in total. The van der Waals surface area contributed by atoms with Crippen LogP contribution < -0.4 is 4.72 Å².